The number of aliphatic hydroxyl groups is 1. The van der Waals surface area contributed by atoms with Gasteiger partial charge in [-0.25, -0.2) is 4.39 Å². The lowest BCUT2D eigenvalue weighted by molar-refractivity contribution is -0.387. The minimum atomic E-state index is -1.99. The predicted molar refractivity (Wildman–Crippen MR) is 51.6 cm³/mol. The topological polar surface area (TPSA) is 89.4 Å². The van der Waals surface area contributed by atoms with Crippen molar-refractivity contribution in [2.45, 2.75) is 12.5 Å². The minimum absolute atomic E-state index is 0.456. The quantitative estimate of drug-likeness (QED) is 0.601. The van der Waals surface area contributed by atoms with Gasteiger partial charge in [0.1, 0.15) is 11.4 Å². The molecule has 1 aromatic carbocycles. The molecule has 0 radical (unpaired) electrons. The van der Waals surface area contributed by atoms with Crippen LogP contribution in [0.25, 0.3) is 0 Å². The van der Waals surface area contributed by atoms with Crippen molar-refractivity contribution in [3.05, 3.63) is 39.4 Å². The van der Waals surface area contributed by atoms with Crippen LogP contribution in [0.1, 0.15) is 12.5 Å². The molecule has 0 aliphatic carbocycles. The van der Waals surface area contributed by atoms with E-state index in [0.29, 0.717) is 6.07 Å². The van der Waals surface area contributed by atoms with Gasteiger partial charge in [0.05, 0.1) is 10.5 Å². The zero-order valence-electron chi connectivity index (χ0n) is 8.41. The Labute approximate surface area is 89.6 Å². The number of nitrogens with zero attached hydrogens (tertiary/aromatic N) is 1. The molecule has 0 bridgehead atoms. The minimum Gasteiger partial charge on any atom is -0.384 e. The highest BCUT2D eigenvalue weighted by Crippen LogP contribution is 2.30. The summed E-state index contributed by atoms with van der Waals surface area (Å²) in [6.07, 6.45) is 0. The average Bonchev–Trinajstić information content (AvgIpc) is 2.16. The molecule has 1 unspecified atom stereocenters. The first-order chi connectivity index (χ1) is 7.31. The molecule has 1 aromatic rings. The van der Waals surface area contributed by atoms with Crippen molar-refractivity contribution in [3.63, 3.8) is 0 Å². The lowest BCUT2D eigenvalue weighted by Crippen LogP contribution is -2.33. The number of hydrogen-bond donors (Lipinski definition) is 2. The Kier molecular flexibility index (Phi) is 3.20. The van der Waals surface area contributed by atoms with Gasteiger partial charge in [0.25, 0.3) is 0 Å². The number of hydrogen-bond acceptors (Lipinski definition) is 4. The fourth-order valence-electron chi connectivity index (χ4n) is 1.28. The number of rotatable bonds is 3. The summed E-state index contributed by atoms with van der Waals surface area (Å²) in [5.74, 6) is -2.47. The average molecular weight is 232 g/mol. The van der Waals surface area contributed by atoms with E-state index in [9.17, 15) is 24.0 Å². The van der Waals surface area contributed by atoms with Gasteiger partial charge in [0, 0.05) is 12.6 Å². The third-order valence-electron chi connectivity index (χ3n) is 2.20. The summed E-state index contributed by atoms with van der Waals surface area (Å²) in [6.45, 7) is 0.625. The van der Waals surface area contributed by atoms with Crippen molar-refractivity contribution in [2.24, 2.45) is 5.73 Å². The lowest BCUT2D eigenvalue weighted by Gasteiger charge is -2.22. The standard InChI is InChI=1S/C9H10F2N2O3/c1-9(14,4-12)7-5(10)2-3-6(8(7)11)13(15)16/h2-3,14H,4,12H2,1H3. The highest BCUT2D eigenvalue weighted by Gasteiger charge is 2.33. The fraction of sp³-hybridized carbons (Fsp3) is 0.333. The zero-order chi connectivity index (χ0) is 12.5. The van der Waals surface area contributed by atoms with Gasteiger partial charge in [-0.05, 0) is 13.0 Å². The number of halogens is 2. The molecule has 5 nitrogen and oxygen atoms in total. The third kappa shape index (κ3) is 2.00. The van der Waals surface area contributed by atoms with Crippen LogP contribution in [0.4, 0.5) is 14.5 Å². The van der Waals surface area contributed by atoms with Crippen LogP contribution >= 0.6 is 0 Å². The maximum absolute atomic E-state index is 13.6. The van der Waals surface area contributed by atoms with Gasteiger partial charge >= 0.3 is 5.69 Å². The van der Waals surface area contributed by atoms with E-state index < -0.39 is 40.0 Å². The molecule has 88 valence electrons. The van der Waals surface area contributed by atoms with E-state index in [1.165, 1.54) is 0 Å². The van der Waals surface area contributed by atoms with Crippen LogP contribution in [0.2, 0.25) is 0 Å². The van der Waals surface area contributed by atoms with Gasteiger partial charge in [0.2, 0.25) is 5.82 Å². The molecule has 1 rings (SSSR count). The van der Waals surface area contributed by atoms with E-state index in [-0.39, 0.29) is 0 Å². The Morgan fingerprint density at radius 1 is 1.56 bits per heavy atom. The summed E-state index contributed by atoms with van der Waals surface area (Å²) >= 11 is 0. The summed E-state index contributed by atoms with van der Waals surface area (Å²) in [5, 5.41) is 20.1. The van der Waals surface area contributed by atoms with Crippen molar-refractivity contribution < 1.29 is 18.8 Å². The molecule has 0 aliphatic heterocycles. The van der Waals surface area contributed by atoms with Crippen LogP contribution in [0.15, 0.2) is 12.1 Å². The molecule has 0 fully saturated rings. The van der Waals surface area contributed by atoms with E-state index in [2.05, 4.69) is 0 Å². The molecule has 7 heteroatoms. The van der Waals surface area contributed by atoms with Crippen LogP contribution in [0, 0.1) is 21.7 Å². The number of nitrogens with two attached hydrogens (primary N) is 1. The van der Waals surface area contributed by atoms with Crippen molar-refractivity contribution in [1.29, 1.82) is 0 Å². The Hall–Kier alpha value is -1.60. The van der Waals surface area contributed by atoms with Crippen LogP contribution in [-0.4, -0.2) is 16.6 Å². The summed E-state index contributed by atoms with van der Waals surface area (Å²) in [7, 11) is 0. The molecular weight excluding hydrogens is 222 g/mol. The van der Waals surface area contributed by atoms with Crippen molar-refractivity contribution >= 4 is 5.69 Å². The zero-order valence-corrected chi connectivity index (χ0v) is 8.41. The van der Waals surface area contributed by atoms with Crippen molar-refractivity contribution in [2.75, 3.05) is 6.54 Å². The molecule has 1 atom stereocenters. The summed E-state index contributed by atoms with van der Waals surface area (Å²) in [6, 6.07) is 1.42. The van der Waals surface area contributed by atoms with E-state index in [0.717, 1.165) is 13.0 Å². The molecule has 0 amide bonds. The molecule has 0 aliphatic rings. The van der Waals surface area contributed by atoms with Gasteiger partial charge < -0.3 is 10.8 Å². The molecule has 0 heterocycles. The van der Waals surface area contributed by atoms with E-state index in [4.69, 9.17) is 5.73 Å². The van der Waals surface area contributed by atoms with Crippen LogP contribution in [0.5, 0.6) is 0 Å². The largest absolute Gasteiger partial charge is 0.384 e. The summed E-state index contributed by atoms with van der Waals surface area (Å²) < 4.78 is 26.9. The fourth-order valence-corrected chi connectivity index (χ4v) is 1.28. The maximum Gasteiger partial charge on any atom is 0.305 e. The highest BCUT2D eigenvalue weighted by molar-refractivity contribution is 5.40. The smallest absolute Gasteiger partial charge is 0.305 e. The second kappa shape index (κ2) is 4.11. The summed E-state index contributed by atoms with van der Waals surface area (Å²) in [4.78, 5) is 9.44. The van der Waals surface area contributed by atoms with Gasteiger partial charge in [-0.15, -0.1) is 0 Å². The Morgan fingerprint density at radius 3 is 2.56 bits per heavy atom. The Balaban J connectivity index is 3.49. The van der Waals surface area contributed by atoms with E-state index in [1.807, 2.05) is 0 Å². The third-order valence-corrected chi connectivity index (χ3v) is 2.20. The van der Waals surface area contributed by atoms with Gasteiger partial charge in [-0.1, -0.05) is 0 Å². The molecule has 0 aromatic heterocycles. The van der Waals surface area contributed by atoms with Crippen LogP contribution < -0.4 is 5.73 Å². The Bertz CT molecular complexity index is 435. The molecule has 0 saturated carbocycles. The maximum atomic E-state index is 13.6. The second-order valence-electron chi connectivity index (χ2n) is 3.49. The first kappa shape index (κ1) is 12.5. The second-order valence-corrected chi connectivity index (χ2v) is 3.49. The first-order valence-corrected chi connectivity index (χ1v) is 4.36. The number of nitro groups is 1. The Morgan fingerprint density at radius 2 is 2.12 bits per heavy atom. The van der Waals surface area contributed by atoms with Gasteiger partial charge in [-0.3, -0.25) is 10.1 Å². The number of benzene rings is 1. The molecule has 0 saturated heterocycles. The van der Waals surface area contributed by atoms with Gasteiger partial charge in [-0.2, -0.15) is 4.39 Å². The molecule has 16 heavy (non-hydrogen) atoms. The van der Waals surface area contributed by atoms with E-state index in [1.54, 1.807) is 0 Å². The van der Waals surface area contributed by atoms with E-state index >= 15 is 0 Å². The SMILES string of the molecule is CC(O)(CN)c1c(F)ccc([N+](=O)[O-])c1F. The monoisotopic (exact) mass is 232 g/mol. The normalized spacial score (nSPS) is 14.6. The molecular formula is C9H10F2N2O3. The van der Waals surface area contributed by atoms with Gasteiger partial charge in [0.15, 0.2) is 0 Å². The molecule has 0 spiro atoms. The summed E-state index contributed by atoms with van der Waals surface area (Å²) in [5.41, 5.74) is 1.48. The lowest BCUT2D eigenvalue weighted by atomic mass is 9.94. The predicted octanol–water partition coefficient (Wildman–Crippen LogP) is 1.04. The number of nitro benzene ring substituents is 1. The van der Waals surface area contributed by atoms with Crippen molar-refractivity contribution in [3.8, 4) is 0 Å². The highest BCUT2D eigenvalue weighted by atomic mass is 19.1. The van der Waals surface area contributed by atoms with Crippen molar-refractivity contribution in [1.82, 2.24) is 0 Å². The van der Waals surface area contributed by atoms with Crippen LogP contribution in [-0.2, 0) is 5.60 Å². The first-order valence-electron chi connectivity index (χ1n) is 4.36. The van der Waals surface area contributed by atoms with Crippen LogP contribution in [0.3, 0.4) is 0 Å². The molecule has 3 N–H and O–H groups in total.